The largest absolute Gasteiger partial charge is 0.374 e. The van der Waals surface area contributed by atoms with Gasteiger partial charge in [0.25, 0.3) is 11.8 Å². The molecule has 1 fully saturated rings. The Bertz CT molecular complexity index is 1140. The molecule has 0 spiro atoms. The highest BCUT2D eigenvalue weighted by atomic mass is 16.5. The smallest absolute Gasteiger partial charge is 0.274 e. The number of rotatable bonds is 0. The second-order valence-corrected chi connectivity index (χ2v) is 7.79. The molecule has 2 aliphatic heterocycles. The maximum atomic E-state index is 12.9. The van der Waals surface area contributed by atoms with E-state index in [1.54, 1.807) is 25.5 Å². The lowest BCUT2D eigenvalue weighted by Gasteiger charge is -2.32. The molecule has 3 aromatic rings. The molecule has 2 N–H and O–H groups in total. The molecule has 0 saturated carbocycles. The van der Waals surface area contributed by atoms with Gasteiger partial charge < -0.3 is 15.4 Å². The average molecular weight is 421 g/mol. The van der Waals surface area contributed by atoms with Crippen LogP contribution in [0.15, 0.2) is 42.9 Å². The van der Waals surface area contributed by atoms with E-state index in [9.17, 15) is 9.59 Å². The van der Waals surface area contributed by atoms with E-state index in [-0.39, 0.29) is 23.6 Å². The summed E-state index contributed by atoms with van der Waals surface area (Å²) in [7, 11) is 1.71. The van der Waals surface area contributed by atoms with Crippen molar-refractivity contribution in [2.24, 2.45) is 7.05 Å². The van der Waals surface area contributed by atoms with Crippen LogP contribution in [-0.2, 0) is 18.5 Å². The maximum Gasteiger partial charge on any atom is 0.274 e. The fourth-order valence-electron chi connectivity index (χ4n) is 3.90. The van der Waals surface area contributed by atoms with Crippen LogP contribution < -0.4 is 10.6 Å². The summed E-state index contributed by atoms with van der Waals surface area (Å²) in [6.07, 6.45) is 5.26. The van der Waals surface area contributed by atoms with Gasteiger partial charge in [-0.3, -0.25) is 23.9 Å². The maximum absolute atomic E-state index is 12.9. The first-order valence-electron chi connectivity index (χ1n) is 10.2. The molecular weight excluding hydrogens is 398 g/mol. The predicted octanol–water partition coefficient (Wildman–Crippen LogP) is 0.938. The van der Waals surface area contributed by atoms with Crippen LogP contribution >= 0.6 is 0 Å². The number of benzene rings is 1. The zero-order valence-corrected chi connectivity index (χ0v) is 17.1. The molecule has 2 aromatic heterocycles. The Morgan fingerprint density at radius 2 is 2.00 bits per heavy atom. The highest BCUT2D eigenvalue weighted by molar-refractivity contribution is 6.08. The molecule has 1 saturated heterocycles. The Kier molecular flexibility index (Phi) is 5.00. The third-order valence-electron chi connectivity index (χ3n) is 5.44. The number of fused-ring (bicyclic) bond motifs is 8. The Morgan fingerprint density at radius 1 is 1.13 bits per heavy atom. The molecule has 5 rings (SSSR count). The number of amides is 2. The van der Waals surface area contributed by atoms with Crippen molar-refractivity contribution in [1.29, 1.82) is 0 Å². The predicted molar refractivity (Wildman–Crippen MR) is 112 cm³/mol. The Labute approximate surface area is 178 Å². The molecule has 31 heavy (non-hydrogen) atoms. The Morgan fingerprint density at radius 3 is 2.90 bits per heavy atom. The first kappa shape index (κ1) is 19.5. The van der Waals surface area contributed by atoms with Gasteiger partial charge in [-0.05, 0) is 17.7 Å². The zero-order valence-electron chi connectivity index (χ0n) is 17.1. The number of carbonyl (C=O) groups excluding carboxylic acids is 2. The van der Waals surface area contributed by atoms with Gasteiger partial charge in [0.1, 0.15) is 0 Å². The lowest BCUT2D eigenvalue weighted by atomic mass is 10.1. The molecule has 10 nitrogen and oxygen atoms in total. The van der Waals surface area contributed by atoms with Gasteiger partial charge >= 0.3 is 0 Å². The minimum absolute atomic E-state index is 0.139. The minimum Gasteiger partial charge on any atom is -0.374 e. The highest BCUT2D eigenvalue weighted by Crippen LogP contribution is 2.22. The van der Waals surface area contributed by atoms with Gasteiger partial charge in [-0.1, -0.05) is 12.1 Å². The van der Waals surface area contributed by atoms with Gasteiger partial charge in [-0.15, -0.1) is 0 Å². The molecule has 0 radical (unpaired) electrons. The second-order valence-electron chi connectivity index (χ2n) is 7.79. The summed E-state index contributed by atoms with van der Waals surface area (Å²) < 4.78 is 9.20. The van der Waals surface area contributed by atoms with Crippen LogP contribution in [0.4, 0.5) is 5.69 Å². The number of morpholine rings is 1. The zero-order chi connectivity index (χ0) is 21.4. The van der Waals surface area contributed by atoms with Crippen molar-refractivity contribution in [1.82, 2.24) is 29.8 Å². The number of ether oxygens (including phenoxy) is 1. The van der Waals surface area contributed by atoms with Crippen molar-refractivity contribution in [3.8, 4) is 11.1 Å². The van der Waals surface area contributed by atoms with Crippen LogP contribution in [0.25, 0.3) is 11.1 Å². The summed E-state index contributed by atoms with van der Waals surface area (Å²) in [6.45, 7) is 3.03. The van der Waals surface area contributed by atoms with Crippen molar-refractivity contribution < 1.29 is 14.3 Å². The van der Waals surface area contributed by atoms with E-state index in [4.69, 9.17) is 4.74 Å². The van der Waals surface area contributed by atoms with Crippen LogP contribution in [0.2, 0.25) is 0 Å². The van der Waals surface area contributed by atoms with E-state index in [0.29, 0.717) is 37.6 Å². The Hall–Kier alpha value is -3.50. The molecule has 10 heteroatoms. The number of hydrogen-bond acceptors (Lipinski definition) is 6. The van der Waals surface area contributed by atoms with Crippen LogP contribution in [0.1, 0.15) is 20.8 Å². The molecule has 6 bridgehead atoms. The van der Waals surface area contributed by atoms with Crippen LogP contribution in [0.5, 0.6) is 0 Å². The van der Waals surface area contributed by atoms with E-state index in [2.05, 4.69) is 25.7 Å². The van der Waals surface area contributed by atoms with Crippen LogP contribution in [0, 0.1) is 0 Å². The molecule has 2 aliphatic rings. The molecule has 160 valence electrons. The number of aryl methyl sites for hydroxylation is 1. The van der Waals surface area contributed by atoms with Crippen molar-refractivity contribution in [2.75, 3.05) is 31.6 Å². The number of carbonyl (C=O) groups is 2. The number of hydrogen-bond donors (Lipinski definition) is 2. The first-order valence-corrected chi connectivity index (χ1v) is 10.2. The van der Waals surface area contributed by atoms with Crippen molar-refractivity contribution in [2.45, 2.75) is 12.8 Å². The molecule has 0 aliphatic carbocycles. The summed E-state index contributed by atoms with van der Waals surface area (Å²) >= 11 is 0. The van der Waals surface area contributed by atoms with Gasteiger partial charge in [-0.2, -0.15) is 10.2 Å². The topological polar surface area (TPSA) is 106 Å². The van der Waals surface area contributed by atoms with Gasteiger partial charge in [0.2, 0.25) is 0 Å². The van der Waals surface area contributed by atoms with E-state index in [0.717, 1.165) is 17.7 Å². The van der Waals surface area contributed by atoms with Crippen molar-refractivity contribution in [3.05, 3.63) is 54.1 Å². The fourth-order valence-corrected chi connectivity index (χ4v) is 3.90. The molecular formula is C21H23N7O3. The molecule has 1 aromatic carbocycles. The molecule has 2 unspecified atom stereocenters. The van der Waals surface area contributed by atoms with E-state index >= 15 is 0 Å². The van der Waals surface area contributed by atoms with Gasteiger partial charge in [0.05, 0.1) is 31.3 Å². The summed E-state index contributed by atoms with van der Waals surface area (Å²) in [5.41, 5.74) is 2.84. The number of nitrogens with one attached hydrogen (secondary N) is 2. The van der Waals surface area contributed by atoms with E-state index < -0.39 is 0 Å². The Balaban J connectivity index is 1.52. The SMILES string of the molecule is Cn1cc2c(n1)C(=O)NCC1CN(CCO1)Cn1cc(cn1)-c1cccc(c1)C(=O)N2. The van der Waals surface area contributed by atoms with Gasteiger partial charge in [0.15, 0.2) is 5.69 Å². The first-order chi connectivity index (χ1) is 15.0. The number of nitrogens with zero attached hydrogens (tertiary/aromatic N) is 5. The lowest BCUT2D eigenvalue weighted by molar-refractivity contribution is -0.0379. The monoisotopic (exact) mass is 421 g/mol. The minimum atomic E-state index is -0.356. The third kappa shape index (κ3) is 4.07. The van der Waals surface area contributed by atoms with E-state index in [1.807, 2.05) is 29.1 Å². The standard InChI is InChI=1S/C21H23N7O3/c1-26-12-18-19(25-26)21(30)22-9-17-11-27(5-6-31-17)13-28-10-16(8-23-28)14-3-2-4-15(7-14)20(29)24-18/h2-4,7-8,10,12,17H,5-6,9,11,13H2,1H3,(H,22,30)(H,24,29). The van der Waals surface area contributed by atoms with Gasteiger partial charge in [-0.25, -0.2) is 0 Å². The van der Waals surface area contributed by atoms with Crippen molar-refractivity contribution >= 4 is 17.5 Å². The highest BCUT2D eigenvalue weighted by Gasteiger charge is 2.24. The number of anilines is 1. The van der Waals surface area contributed by atoms with E-state index in [1.165, 1.54) is 4.68 Å². The fraction of sp³-hybridized carbons (Fsp3) is 0.333. The normalized spacial score (nSPS) is 21.6. The molecule has 2 amide bonds. The van der Waals surface area contributed by atoms with Gasteiger partial charge in [0, 0.05) is 50.2 Å². The lowest BCUT2D eigenvalue weighted by Crippen LogP contribution is -2.48. The third-order valence-corrected chi connectivity index (χ3v) is 5.44. The number of aromatic nitrogens is 4. The summed E-state index contributed by atoms with van der Waals surface area (Å²) in [4.78, 5) is 27.9. The second kappa shape index (κ2) is 7.97. The summed E-state index contributed by atoms with van der Waals surface area (Å²) in [6, 6.07) is 7.33. The summed E-state index contributed by atoms with van der Waals surface area (Å²) in [5.74, 6) is -0.670. The van der Waals surface area contributed by atoms with Crippen LogP contribution in [0.3, 0.4) is 0 Å². The summed E-state index contributed by atoms with van der Waals surface area (Å²) in [5, 5.41) is 14.4. The average Bonchev–Trinajstić information content (AvgIpc) is 3.38. The van der Waals surface area contributed by atoms with Crippen LogP contribution in [-0.4, -0.2) is 68.6 Å². The quantitative estimate of drug-likeness (QED) is 0.560. The molecule has 2 atom stereocenters. The van der Waals surface area contributed by atoms with Crippen molar-refractivity contribution in [3.63, 3.8) is 0 Å². The molecule has 4 heterocycles.